The normalized spacial score (nSPS) is 29.7. The van der Waals surface area contributed by atoms with Crippen LogP contribution in [0.1, 0.15) is 37.3 Å². The van der Waals surface area contributed by atoms with Gasteiger partial charge in [-0.2, -0.15) is 0 Å². The standard InChI is InChI=1S/C18H26N2O3/c1-2-5-16-15(4-1)17(6-3-9-19-16)20-12-14-13-22-18(23-14)7-10-21-11-8-18/h1-2,4-5,14,17,19-20H,3,6-13H2/t14-,17+/m0/s1. The van der Waals surface area contributed by atoms with Crippen LogP contribution < -0.4 is 10.6 Å². The molecule has 126 valence electrons. The van der Waals surface area contributed by atoms with Gasteiger partial charge in [0.1, 0.15) is 0 Å². The van der Waals surface area contributed by atoms with Crippen molar-refractivity contribution in [2.45, 2.75) is 43.6 Å². The molecule has 2 N–H and O–H groups in total. The lowest BCUT2D eigenvalue weighted by atomic mass is 10.0. The van der Waals surface area contributed by atoms with Crippen molar-refractivity contribution >= 4 is 5.69 Å². The summed E-state index contributed by atoms with van der Waals surface area (Å²) >= 11 is 0. The Hall–Kier alpha value is -1.14. The Bertz CT molecular complexity index is 531. The number of fused-ring (bicyclic) bond motifs is 1. The summed E-state index contributed by atoms with van der Waals surface area (Å²) in [5.41, 5.74) is 2.62. The van der Waals surface area contributed by atoms with E-state index in [1.807, 2.05) is 0 Å². The summed E-state index contributed by atoms with van der Waals surface area (Å²) in [7, 11) is 0. The van der Waals surface area contributed by atoms with Crippen LogP contribution in [0.5, 0.6) is 0 Å². The molecule has 0 radical (unpaired) electrons. The molecule has 2 saturated heterocycles. The average Bonchev–Trinajstić information content (AvgIpc) is 2.86. The second kappa shape index (κ2) is 6.77. The number of nitrogens with one attached hydrogen (secondary N) is 2. The van der Waals surface area contributed by atoms with Crippen molar-refractivity contribution in [3.63, 3.8) is 0 Å². The van der Waals surface area contributed by atoms with E-state index in [0.717, 1.165) is 45.6 Å². The van der Waals surface area contributed by atoms with Crippen molar-refractivity contribution in [3.8, 4) is 0 Å². The third-order valence-electron chi connectivity index (χ3n) is 5.08. The van der Waals surface area contributed by atoms with Crippen LogP contribution in [0.25, 0.3) is 0 Å². The van der Waals surface area contributed by atoms with Gasteiger partial charge in [0.2, 0.25) is 0 Å². The van der Waals surface area contributed by atoms with Gasteiger partial charge in [0.25, 0.3) is 0 Å². The van der Waals surface area contributed by atoms with Crippen LogP contribution in [0.15, 0.2) is 24.3 Å². The third kappa shape index (κ3) is 3.38. The summed E-state index contributed by atoms with van der Waals surface area (Å²) in [6, 6.07) is 8.99. The second-order valence-electron chi connectivity index (χ2n) is 6.69. The van der Waals surface area contributed by atoms with Gasteiger partial charge in [-0.25, -0.2) is 0 Å². The van der Waals surface area contributed by atoms with E-state index in [0.29, 0.717) is 12.6 Å². The Morgan fingerprint density at radius 2 is 2.09 bits per heavy atom. The number of anilines is 1. The summed E-state index contributed by atoms with van der Waals surface area (Å²) in [5.74, 6) is -0.381. The summed E-state index contributed by atoms with van der Waals surface area (Å²) < 4.78 is 17.6. The molecule has 2 atom stereocenters. The second-order valence-corrected chi connectivity index (χ2v) is 6.69. The van der Waals surface area contributed by atoms with Crippen LogP contribution in [0.4, 0.5) is 5.69 Å². The van der Waals surface area contributed by atoms with Crippen molar-refractivity contribution in [2.75, 3.05) is 38.2 Å². The van der Waals surface area contributed by atoms with Gasteiger partial charge in [0, 0.05) is 37.7 Å². The van der Waals surface area contributed by atoms with E-state index in [9.17, 15) is 0 Å². The summed E-state index contributed by atoms with van der Waals surface area (Å²) in [4.78, 5) is 0. The molecule has 0 saturated carbocycles. The van der Waals surface area contributed by atoms with Crippen molar-refractivity contribution in [1.29, 1.82) is 0 Å². The Kier molecular flexibility index (Phi) is 4.53. The molecule has 1 aromatic carbocycles. The van der Waals surface area contributed by atoms with Gasteiger partial charge in [0.15, 0.2) is 5.79 Å². The van der Waals surface area contributed by atoms with Crippen LogP contribution in [0.3, 0.4) is 0 Å². The summed E-state index contributed by atoms with van der Waals surface area (Å²) in [6.07, 6.45) is 4.16. The maximum Gasteiger partial charge on any atom is 0.173 e. The largest absolute Gasteiger partial charge is 0.385 e. The fourth-order valence-electron chi connectivity index (χ4n) is 3.79. The lowest BCUT2D eigenvalue weighted by molar-refractivity contribution is -0.210. The molecule has 0 bridgehead atoms. The number of hydrogen-bond donors (Lipinski definition) is 2. The highest BCUT2D eigenvalue weighted by atomic mass is 16.7. The molecule has 0 unspecified atom stereocenters. The van der Waals surface area contributed by atoms with Crippen LogP contribution in [-0.2, 0) is 14.2 Å². The SMILES string of the molecule is c1ccc2c(c1)NCCC[C@H]2NC[C@H]1COC2(CCOCC2)O1. The predicted octanol–water partition coefficient (Wildman–Crippen LogP) is 2.45. The number of hydrogen-bond acceptors (Lipinski definition) is 5. The molecule has 3 aliphatic heterocycles. The zero-order valence-corrected chi connectivity index (χ0v) is 13.6. The van der Waals surface area contributed by atoms with Crippen LogP contribution in [0, 0.1) is 0 Å². The molecule has 3 aliphatic rings. The molecule has 0 aromatic heterocycles. The van der Waals surface area contributed by atoms with Crippen molar-refractivity contribution in [1.82, 2.24) is 5.32 Å². The first-order chi connectivity index (χ1) is 11.3. The van der Waals surface area contributed by atoms with Gasteiger partial charge in [-0.1, -0.05) is 18.2 Å². The van der Waals surface area contributed by atoms with E-state index >= 15 is 0 Å². The maximum absolute atomic E-state index is 6.22. The molecule has 0 amide bonds. The minimum Gasteiger partial charge on any atom is -0.385 e. The highest BCUT2D eigenvalue weighted by Gasteiger charge is 2.42. The fourth-order valence-corrected chi connectivity index (χ4v) is 3.79. The Morgan fingerprint density at radius 3 is 3.00 bits per heavy atom. The maximum atomic E-state index is 6.22. The minimum atomic E-state index is -0.381. The number of para-hydroxylation sites is 1. The Balaban J connectivity index is 1.36. The van der Waals surface area contributed by atoms with Crippen LogP contribution in [-0.4, -0.2) is 44.8 Å². The van der Waals surface area contributed by atoms with E-state index in [-0.39, 0.29) is 11.9 Å². The van der Waals surface area contributed by atoms with Crippen molar-refractivity contribution in [3.05, 3.63) is 29.8 Å². The molecular formula is C18H26N2O3. The van der Waals surface area contributed by atoms with Crippen LogP contribution >= 0.6 is 0 Å². The Morgan fingerprint density at radius 1 is 1.22 bits per heavy atom. The molecule has 5 heteroatoms. The molecule has 2 fully saturated rings. The van der Waals surface area contributed by atoms with E-state index in [1.54, 1.807) is 0 Å². The minimum absolute atomic E-state index is 0.136. The van der Waals surface area contributed by atoms with Gasteiger partial charge in [-0.05, 0) is 24.5 Å². The number of ether oxygens (including phenoxy) is 3. The highest BCUT2D eigenvalue weighted by molar-refractivity contribution is 5.53. The Labute approximate surface area is 137 Å². The number of benzene rings is 1. The molecule has 5 nitrogen and oxygen atoms in total. The fraction of sp³-hybridized carbons (Fsp3) is 0.667. The molecule has 3 heterocycles. The molecule has 4 rings (SSSR count). The first kappa shape index (κ1) is 15.4. The van der Waals surface area contributed by atoms with Gasteiger partial charge < -0.3 is 24.8 Å². The van der Waals surface area contributed by atoms with Crippen molar-refractivity contribution in [2.24, 2.45) is 0 Å². The van der Waals surface area contributed by atoms with Crippen molar-refractivity contribution < 1.29 is 14.2 Å². The lowest BCUT2D eigenvalue weighted by Crippen LogP contribution is -2.39. The van der Waals surface area contributed by atoms with E-state index in [2.05, 4.69) is 34.9 Å². The number of rotatable bonds is 3. The van der Waals surface area contributed by atoms with E-state index in [4.69, 9.17) is 14.2 Å². The first-order valence-electron chi connectivity index (χ1n) is 8.80. The molecule has 1 aromatic rings. The summed E-state index contributed by atoms with van der Waals surface area (Å²) in [5, 5.41) is 7.23. The smallest absolute Gasteiger partial charge is 0.173 e. The predicted molar refractivity (Wildman–Crippen MR) is 88.5 cm³/mol. The highest BCUT2D eigenvalue weighted by Crippen LogP contribution is 2.34. The average molecular weight is 318 g/mol. The topological polar surface area (TPSA) is 51.8 Å². The summed E-state index contributed by atoms with van der Waals surface area (Å²) in [6.45, 7) is 4.03. The molecule has 1 spiro atoms. The monoisotopic (exact) mass is 318 g/mol. The van der Waals surface area contributed by atoms with Gasteiger partial charge >= 0.3 is 0 Å². The van der Waals surface area contributed by atoms with Gasteiger partial charge in [0.05, 0.1) is 25.9 Å². The zero-order chi connectivity index (χ0) is 15.5. The first-order valence-corrected chi connectivity index (χ1v) is 8.80. The quantitative estimate of drug-likeness (QED) is 0.896. The van der Waals surface area contributed by atoms with E-state index in [1.165, 1.54) is 17.7 Å². The van der Waals surface area contributed by atoms with Gasteiger partial charge in [-0.15, -0.1) is 0 Å². The molecule has 0 aliphatic carbocycles. The lowest BCUT2D eigenvalue weighted by Gasteiger charge is -2.31. The van der Waals surface area contributed by atoms with Gasteiger partial charge in [-0.3, -0.25) is 0 Å². The molecule has 23 heavy (non-hydrogen) atoms. The zero-order valence-electron chi connectivity index (χ0n) is 13.6. The third-order valence-corrected chi connectivity index (χ3v) is 5.08. The van der Waals surface area contributed by atoms with Crippen LogP contribution in [0.2, 0.25) is 0 Å². The molecular weight excluding hydrogens is 292 g/mol. The van der Waals surface area contributed by atoms with E-state index < -0.39 is 0 Å².